The van der Waals surface area contributed by atoms with Crippen molar-refractivity contribution in [2.75, 3.05) is 46.9 Å². The summed E-state index contributed by atoms with van der Waals surface area (Å²) in [5.41, 5.74) is 1.20. The highest BCUT2D eigenvalue weighted by molar-refractivity contribution is 5.96. The van der Waals surface area contributed by atoms with E-state index in [-0.39, 0.29) is 37.2 Å². The molecule has 0 unspecified atom stereocenters. The molecular formula is C28H35N5O6. The van der Waals surface area contributed by atoms with Gasteiger partial charge in [0.15, 0.2) is 0 Å². The maximum absolute atomic E-state index is 13.7. The molecule has 1 aromatic carbocycles. The van der Waals surface area contributed by atoms with E-state index in [2.05, 4.69) is 15.6 Å². The van der Waals surface area contributed by atoms with Crippen LogP contribution in [0.3, 0.4) is 0 Å². The van der Waals surface area contributed by atoms with Gasteiger partial charge >= 0.3 is 5.97 Å². The summed E-state index contributed by atoms with van der Waals surface area (Å²) in [6.45, 7) is 1.99. The molecule has 2 saturated heterocycles. The number of hydrogen-bond acceptors (Lipinski definition) is 8. The fourth-order valence-corrected chi connectivity index (χ4v) is 5.03. The Morgan fingerprint density at radius 1 is 1.08 bits per heavy atom. The molecule has 1 aromatic heterocycles. The van der Waals surface area contributed by atoms with Crippen molar-refractivity contribution in [3.05, 3.63) is 59.9 Å². The largest absolute Gasteiger partial charge is 0.497 e. The van der Waals surface area contributed by atoms with E-state index in [0.29, 0.717) is 30.7 Å². The molecule has 2 aliphatic rings. The lowest BCUT2D eigenvalue weighted by molar-refractivity contribution is -0.149. The van der Waals surface area contributed by atoms with Crippen LogP contribution < -0.4 is 15.4 Å². The number of carbonyl (C=O) groups is 4. The van der Waals surface area contributed by atoms with E-state index in [9.17, 15) is 19.2 Å². The molecule has 2 atom stereocenters. The molecule has 0 radical (unpaired) electrons. The van der Waals surface area contributed by atoms with E-state index in [0.717, 1.165) is 18.7 Å². The van der Waals surface area contributed by atoms with Gasteiger partial charge in [0.05, 0.1) is 26.3 Å². The van der Waals surface area contributed by atoms with Crippen LogP contribution in [0, 0.1) is 5.92 Å². The van der Waals surface area contributed by atoms with Gasteiger partial charge < -0.3 is 29.9 Å². The van der Waals surface area contributed by atoms with E-state index in [1.807, 2.05) is 12.1 Å². The summed E-state index contributed by atoms with van der Waals surface area (Å²) in [4.78, 5) is 60.3. The number of rotatable bonds is 8. The molecule has 11 nitrogen and oxygen atoms in total. The Hall–Kier alpha value is -3.99. The molecular weight excluding hydrogens is 502 g/mol. The Labute approximate surface area is 227 Å². The topological polar surface area (TPSA) is 130 Å². The SMILES string of the molecule is COC(=O)[C@H](Cc1ccc(OC)cc1)NC(=O)[C@H]1CN(C(=O)c2cccnc2)CCN1C(=O)C1CCNCC1. The number of aromatic nitrogens is 1. The van der Waals surface area contributed by atoms with Crippen molar-refractivity contribution in [1.29, 1.82) is 0 Å². The predicted molar refractivity (Wildman–Crippen MR) is 142 cm³/mol. The van der Waals surface area contributed by atoms with Gasteiger partial charge in [0.1, 0.15) is 17.8 Å². The van der Waals surface area contributed by atoms with Gasteiger partial charge in [-0.05, 0) is 55.8 Å². The summed E-state index contributed by atoms with van der Waals surface area (Å²) in [6.07, 6.45) is 4.62. The number of nitrogens with one attached hydrogen (secondary N) is 2. The third-order valence-corrected chi connectivity index (χ3v) is 7.25. The monoisotopic (exact) mass is 537 g/mol. The van der Waals surface area contributed by atoms with Crippen molar-refractivity contribution >= 4 is 23.7 Å². The van der Waals surface area contributed by atoms with Crippen molar-refractivity contribution in [1.82, 2.24) is 25.4 Å². The fourth-order valence-electron chi connectivity index (χ4n) is 5.03. The summed E-state index contributed by atoms with van der Waals surface area (Å²) < 4.78 is 10.2. The molecule has 2 fully saturated rings. The van der Waals surface area contributed by atoms with Crippen molar-refractivity contribution in [2.45, 2.75) is 31.3 Å². The van der Waals surface area contributed by atoms with Crippen LogP contribution in [0.4, 0.5) is 0 Å². The molecule has 0 bridgehead atoms. The summed E-state index contributed by atoms with van der Waals surface area (Å²) in [7, 11) is 2.83. The average molecular weight is 538 g/mol. The molecule has 208 valence electrons. The molecule has 4 rings (SSSR count). The first kappa shape index (κ1) is 28.0. The Morgan fingerprint density at radius 3 is 2.46 bits per heavy atom. The van der Waals surface area contributed by atoms with Crippen LogP contribution in [0.1, 0.15) is 28.8 Å². The van der Waals surface area contributed by atoms with Gasteiger partial charge in [-0.15, -0.1) is 0 Å². The second-order valence-electron chi connectivity index (χ2n) is 9.70. The molecule has 3 heterocycles. The lowest BCUT2D eigenvalue weighted by atomic mass is 9.95. The number of benzene rings is 1. The van der Waals surface area contributed by atoms with E-state index in [1.165, 1.54) is 13.3 Å². The average Bonchev–Trinajstić information content (AvgIpc) is 3.00. The van der Waals surface area contributed by atoms with Gasteiger partial charge in [0.2, 0.25) is 11.8 Å². The minimum atomic E-state index is -0.976. The second kappa shape index (κ2) is 13.2. The van der Waals surface area contributed by atoms with Crippen molar-refractivity contribution < 1.29 is 28.7 Å². The number of piperidine rings is 1. The van der Waals surface area contributed by atoms with Crippen LogP contribution in [0.25, 0.3) is 0 Å². The number of methoxy groups -OCH3 is 2. The number of carbonyl (C=O) groups excluding carboxylic acids is 4. The van der Waals surface area contributed by atoms with Crippen LogP contribution in [-0.4, -0.2) is 97.5 Å². The first-order valence-corrected chi connectivity index (χ1v) is 13.1. The van der Waals surface area contributed by atoms with Gasteiger partial charge in [0, 0.05) is 37.8 Å². The number of ether oxygens (including phenoxy) is 2. The van der Waals surface area contributed by atoms with Gasteiger partial charge in [-0.25, -0.2) is 4.79 Å². The zero-order chi connectivity index (χ0) is 27.8. The van der Waals surface area contributed by atoms with Crippen LogP contribution in [0.15, 0.2) is 48.8 Å². The van der Waals surface area contributed by atoms with E-state index in [4.69, 9.17) is 9.47 Å². The minimum Gasteiger partial charge on any atom is -0.497 e. The first-order valence-electron chi connectivity index (χ1n) is 13.1. The smallest absolute Gasteiger partial charge is 0.328 e. The number of esters is 1. The number of nitrogens with zero attached hydrogens (tertiary/aromatic N) is 3. The van der Waals surface area contributed by atoms with Crippen LogP contribution >= 0.6 is 0 Å². The Morgan fingerprint density at radius 2 is 1.82 bits per heavy atom. The molecule has 2 aromatic rings. The van der Waals surface area contributed by atoms with E-state index in [1.54, 1.807) is 47.4 Å². The normalized spacial score (nSPS) is 18.7. The molecule has 11 heteroatoms. The lowest BCUT2D eigenvalue weighted by Gasteiger charge is -2.42. The maximum atomic E-state index is 13.7. The van der Waals surface area contributed by atoms with Crippen LogP contribution in [0.5, 0.6) is 5.75 Å². The third kappa shape index (κ3) is 6.91. The zero-order valence-corrected chi connectivity index (χ0v) is 22.3. The number of hydrogen-bond donors (Lipinski definition) is 2. The number of amides is 3. The van der Waals surface area contributed by atoms with E-state index >= 15 is 0 Å². The Bertz CT molecular complexity index is 1150. The molecule has 2 N–H and O–H groups in total. The van der Waals surface area contributed by atoms with Gasteiger partial charge in [-0.2, -0.15) is 0 Å². The number of piperazine rings is 1. The Kier molecular flexibility index (Phi) is 9.48. The highest BCUT2D eigenvalue weighted by Crippen LogP contribution is 2.21. The molecule has 0 aliphatic carbocycles. The van der Waals surface area contributed by atoms with Crippen LogP contribution in [0.2, 0.25) is 0 Å². The quantitative estimate of drug-likeness (QED) is 0.470. The molecule has 2 aliphatic heterocycles. The summed E-state index contributed by atoms with van der Waals surface area (Å²) in [5, 5.41) is 6.05. The third-order valence-electron chi connectivity index (χ3n) is 7.25. The summed E-state index contributed by atoms with van der Waals surface area (Å²) in [5.74, 6) is -1.00. The predicted octanol–water partition coefficient (Wildman–Crippen LogP) is 0.643. The second-order valence-corrected chi connectivity index (χ2v) is 9.70. The summed E-state index contributed by atoms with van der Waals surface area (Å²) in [6, 6.07) is 8.57. The standard InChI is InChI=1S/C28H35N5O6/c1-38-22-7-5-19(6-8-22)16-23(28(37)39-2)31-25(34)24-18-32(26(35)21-4-3-11-30-17-21)14-15-33(24)27(36)20-9-12-29-13-10-20/h3-8,11,17,20,23-24,29H,9-10,12-16,18H2,1-2H3,(H,31,34)/t23-,24+/m0/s1. The molecule has 3 amide bonds. The zero-order valence-electron chi connectivity index (χ0n) is 22.3. The fraction of sp³-hybridized carbons (Fsp3) is 0.464. The minimum absolute atomic E-state index is 0.00665. The van der Waals surface area contributed by atoms with Crippen LogP contribution in [-0.2, 0) is 25.5 Å². The van der Waals surface area contributed by atoms with Gasteiger partial charge in [-0.1, -0.05) is 12.1 Å². The highest BCUT2D eigenvalue weighted by atomic mass is 16.5. The lowest BCUT2D eigenvalue weighted by Crippen LogP contribution is -2.64. The number of pyridine rings is 1. The van der Waals surface area contributed by atoms with Crippen molar-refractivity contribution in [3.8, 4) is 5.75 Å². The van der Waals surface area contributed by atoms with E-state index < -0.39 is 24.0 Å². The molecule has 0 spiro atoms. The van der Waals surface area contributed by atoms with Crippen molar-refractivity contribution in [3.63, 3.8) is 0 Å². The molecule has 0 saturated carbocycles. The van der Waals surface area contributed by atoms with Crippen molar-refractivity contribution in [2.24, 2.45) is 5.92 Å². The first-order chi connectivity index (χ1) is 18.9. The Balaban J connectivity index is 1.55. The van der Waals surface area contributed by atoms with Gasteiger partial charge in [0.25, 0.3) is 5.91 Å². The van der Waals surface area contributed by atoms with Gasteiger partial charge in [-0.3, -0.25) is 19.4 Å². The highest BCUT2D eigenvalue weighted by Gasteiger charge is 2.40. The summed E-state index contributed by atoms with van der Waals surface area (Å²) >= 11 is 0. The maximum Gasteiger partial charge on any atom is 0.328 e. The molecule has 39 heavy (non-hydrogen) atoms.